The molecule has 0 aliphatic carbocycles. The van der Waals surface area contributed by atoms with E-state index in [1.165, 1.54) is 19.2 Å². The summed E-state index contributed by atoms with van der Waals surface area (Å²) < 4.78 is 4.94. The lowest BCUT2D eigenvalue weighted by molar-refractivity contribution is 0.194. The van der Waals surface area contributed by atoms with Crippen molar-refractivity contribution in [3.05, 3.63) is 22.7 Å². The monoisotopic (exact) mass is 202 g/mol. The number of ether oxygens (including phenoxy) is 1. The summed E-state index contributed by atoms with van der Waals surface area (Å²) in [6.45, 7) is 1.56. The first-order valence-corrected chi connectivity index (χ1v) is 4.18. The largest absolute Gasteiger partial charge is 0.508 e. The topological polar surface area (TPSA) is 49.7 Å². The second-order valence-corrected chi connectivity index (χ2v) is 3.13. The molecule has 0 saturated carbocycles. The Balaban J connectivity index is 3.22. The minimum absolute atomic E-state index is 0.0270. The van der Waals surface area contributed by atoms with Gasteiger partial charge < -0.3 is 14.9 Å². The summed E-state index contributed by atoms with van der Waals surface area (Å²) >= 11 is 5.74. The molecule has 0 spiro atoms. The third-order valence-corrected chi connectivity index (χ3v) is 2.05. The summed E-state index contributed by atoms with van der Waals surface area (Å²) in [5.74, 6) is 0.413. The van der Waals surface area contributed by atoms with Crippen molar-refractivity contribution < 1.29 is 14.9 Å². The molecule has 13 heavy (non-hydrogen) atoms. The van der Waals surface area contributed by atoms with E-state index in [0.717, 1.165) is 0 Å². The van der Waals surface area contributed by atoms with Crippen LogP contribution < -0.4 is 4.74 Å². The highest BCUT2D eigenvalue weighted by Crippen LogP contribution is 2.34. The smallest absolute Gasteiger partial charge is 0.138 e. The van der Waals surface area contributed by atoms with E-state index in [2.05, 4.69) is 0 Å². The number of phenols is 1. The van der Waals surface area contributed by atoms with Crippen LogP contribution >= 0.6 is 11.6 Å². The number of halogens is 1. The molecule has 4 heteroatoms. The number of rotatable bonds is 2. The van der Waals surface area contributed by atoms with Crippen molar-refractivity contribution in [3.8, 4) is 11.5 Å². The molecule has 0 heterocycles. The van der Waals surface area contributed by atoms with Gasteiger partial charge in [0.15, 0.2) is 0 Å². The molecule has 3 nitrogen and oxygen atoms in total. The van der Waals surface area contributed by atoms with Gasteiger partial charge in [0.2, 0.25) is 0 Å². The summed E-state index contributed by atoms with van der Waals surface area (Å²) in [4.78, 5) is 0. The van der Waals surface area contributed by atoms with Crippen LogP contribution in [-0.2, 0) is 0 Å². The molecule has 0 aromatic heterocycles. The fourth-order valence-corrected chi connectivity index (χ4v) is 1.28. The standard InChI is InChI=1S/C9H11ClO3/c1-5(11)6-3-9(13-2)7(10)4-8(6)12/h3-5,11-12H,1-2H3. The molecule has 1 atom stereocenters. The minimum atomic E-state index is -0.744. The van der Waals surface area contributed by atoms with Crippen molar-refractivity contribution in [3.63, 3.8) is 0 Å². The lowest BCUT2D eigenvalue weighted by Gasteiger charge is -2.10. The highest BCUT2D eigenvalue weighted by atomic mass is 35.5. The summed E-state index contributed by atoms with van der Waals surface area (Å²) in [6, 6.07) is 2.87. The van der Waals surface area contributed by atoms with Crippen LogP contribution in [0.5, 0.6) is 11.5 Å². The molecule has 0 aliphatic rings. The SMILES string of the molecule is COc1cc(C(C)O)c(O)cc1Cl. The molecule has 0 fully saturated rings. The second kappa shape index (κ2) is 3.85. The molecule has 72 valence electrons. The number of hydrogen-bond acceptors (Lipinski definition) is 3. The van der Waals surface area contributed by atoms with Crippen molar-refractivity contribution in [2.45, 2.75) is 13.0 Å². The quantitative estimate of drug-likeness (QED) is 0.772. The average Bonchev–Trinajstić information content (AvgIpc) is 2.03. The van der Waals surface area contributed by atoms with Crippen molar-refractivity contribution in [1.29, 1.82) is 0 Å². The van der Waals surface area contributed by atoms with Gasteiger partial charge in [0.05, 0.1) is 18.2 Å². The van der Waals surface area contributed by atoms with Crippen LogP contribution in [-0.4, -0.2) is 17.3 Å². The Kier molecular flexibility index (Phi) is 3.01. The molecule has 0 radical (unpaired) electrons. The van der Waals surface area contributed by atoms with E-state index in [9.17, 15) is 10.2 Å². The minimum Gasteiger partial charge on any atom is -0.508 e. The normalized spacial score (nSPS) is 12.6. The van der Waals surface area contributed by atoms with Gasteiger partial charge in [-0.05, 0) is 13.0 Å². The molecule has 0 bridgehead atoms. The van der Waals surface area contributed by atoms with Gasteiger partial charge in [-0.15, -0.1) is 0 Å². The third kappa shape index (κ3) is 2.05. The number of phenolic OH excluding ortho intramolecular Hbond substituents is 1. The first-order valence-electron chi connectivity index (χ1n) is 3.80. The van der Waals surface area contributed by atoms with Crippen molar-refractivity contribution in [1.82, 2.24) is 0 Å². The van der Waals surface area contributed by atoms with Crippen LogP contribution in [0.1, 0.15) is 18.6 Å². The van der Waals surface area contributed by atoms with Crippen LogP contribution in [0.2, 0.25) is 5.02 Å². The summed E-state index contributed by atoms with van der Waals surface area (Å²) in [5, 5.41) is 19.0. The zero-order valence-electron chi connectivity index (χ0n) is 7.41. The highest BCUT2D eigenvalue weighted by molar-refractivity contribution is 6.32. The van der Waals surface area contributed by atoms with Crippen LogP contribution in [0, 0.1) is 0 Å². The first kappa shape index (κ1) is 10.2. The van der Waals surface area contributed by atoms with Crippen LogP contribution in [0.3, 0.4) is 0 Å². The molecular formula is C9H11ClO3. The predicted molar refractivity (Wildman–Crippen MR) is 50.3 cm³/mol. The zero-order chi connectivity index (χ0) is 10.0. The summed E-state index contributed by atoms with van der Waals surface area (Å²) in [7, 11) is 1.48. The number of aliphatic hydroxyl groups is 1. The fourth-order valence-electron chi connectivity index (χ4n) is 1.05. The van der Waals surface area contributed by atoms with Gasteiger partial charge in [0.1, 0.15) is 11.5 Å². The molecule has 1 rings (SSSR count). The number of aliphatic hydroxyl groups excluding tert-OH is 1. The van der Waals surface area contributed by atoms with Crippen LogP contribution in [0.15, 0.2) is 12.1 Å². The van der Waals surface area contributed by atoms with Gasteiger partial charge in [0, 0.05) is 11.6 Å². The maximum absolute atomic E-state index is 9.38. The number of benzene rings is 1. The summed E-state index contributed by atoms with van der Waals surface area (Å²) in [6.07, 6.45) is -0.744. The number of methoxy groups -OCH3 is 1. The maximum atomic E-state index is 9.38. The van der Waals surface area contributed by atoms with E-state index in [1.807, 2.05) is 0 Å². The Hall–Kier alpha value is -0.930. The molecular weight excluding hydrogens is 192 g/mol. The lowest BCUT2D eigenvalue weighted by Crippen LogP contribution is -1.94. The van der Waals surface area contributed by atoms with Crippen LogP contribution in [0.4, 0.5) is 0 Å². The molecule has 0 saturated heterocycles. The van der Waals surface area contributed by atoms with Crippen molar-refractivity contribution in [2.24, 2.45) is 0 Å². The number of aromatic hydroxyl groups is 1. The van der Waals surface area contributed by atoms with E-state index in [0.29, 0.717) is 16.3 Å². The summed E-state index contributed by atoms with van der Waals surface area (Å²) in [5.41, 5.74) is 0.404. The molecule has 1 aromatic rings. The molecule has 1 unspecified atom stereocenters. The Morgan fingerprint density at radius 3 is 2.54 bits per heavy atom. The van der Waals surface area contributed by atoms with Crippen molar-refractivity contribution >= 4 is 11.6 Å². The van der Waals surface area contributed by atoms with Crippen LogP contribution in [0.25, 0.3) is 0 Å². The second-order valence-electron chi connectivity index (χ2n) is 2.72. The third-order valence-electron chi connectivity index (χ3n) is 1.75. The van der Waals surface area contributed by atoms with Gasteiger partial charge in [-0.1, -0.05) is 11.6 Å². The first-order chi connectivity index (χ1) is 6.06. The van der Waals surface area contributed by atoms with E-state index < -0.39 is 6.10 Å². The fraction of sp³-hybridized carbons (Fsp3) is 0.333. The van der Waals surface area contributed by atoms with E-state index in [1.54, 1.807) is 6.92 Å². The van der Waals surface area contributed by atoms with Crippen molar-refractivity contribution in [2.75, 3.05) is 7.11 Å². The average molecular weight is 203 g/mol. The van der Waals surface area contributed by atoms with E-state index in [4.69, 9.17) is 16.3 Å². The Morgan fingerprint density at radius 1 is 1.46 bits per heavy atom. The lowest BCUT2D eigenvalue weighted by atomic mass is 10.1. The van der Waals surface area contributed by atoms with E-state index >= 15 is 0 Å². The molecule has 0 aliphatic heterocycles. The molecule has 0 amide bonds. The number of hydrogen-bond donors (Lipinski definition) is 2. The van der Waals surface area contributed by atoms with Gasteiger partial charge in [-0.25, -0.2) is 0 Å². The molecule has 1 aromatic carbocycles. The predicted octanol–water partition coefficient (Wildman–Crippen LogP) is 2.11. The van der Waals surface area contributed by atoms with Gasteiger partial charge in [0.25, 0.3) is 0 Å². The van der Waals surface area contributed by atoms with E-state index in [-0.39, 0.29) is 5.75 Å². The Bertz CT molecular complexity index is 310. The van der Waals surface area contributed by atoms with Gasteiger partial charge in [-0.2, -0.15) is 0 Å². The van der Waals surface area contributed by atoms with Gasteiger partial charge >= 0.3 is 0 Å². The Morgan fingerprint density at radius 2 is 2.08 bits per heavy atom. The Labute approximate surface area is 81.5 Å². The zero-order valence-corrected chi connectivity index (χ0v) is 8.17. The molecule has 2 N–H and O–H groups in total. The van der Waals surface area contributed by atoms with Gasteiger partial charge in [-0.3, -0.25) is 0 Å². The highest BCUT2D eigenvalue weighted by Gasteiger charge is 2.11. The maximum Gasteiger partial charge on any atom is 0.138 e.